The van der Waals surface area contributed by atoms with Gasteiger partial charge in [-0.05, 0) is 31.0 Å². The fourth-order valence-corrected chi connectivity index (χ4v) is 3.31. The first-order chi connectivity index (χ1) is 11.5. The highest BCUT2D eigenvalue weighted by Crippen LogP contribution is 2.11. The molecular weight excluding hydrogens is 455 g/mol. The molecule has 0 saturated carbocycles. The summed E-state index contributed by atoms with van der Waals surface area (Å²) in [6.07, 6.45) is 2.44. The second kappa shape index (κ2) is 10.9. The minimum absolute atomic E-state index is 0. The number of halogens is 1. The van der Waals surface area contributed by atoms with Gasteiger partial charge in [0.15, 0.2) is 5.96 Å². The number of aliphatic imine (C=N–C) groups is 1. The van der Waals surface area contributed by atoms with Crippen molar-refractivity contribution in [1.29, 1.82) is 0 Å². The highest BCUT2D eigenvalue weighted by Gasteiger charge is 2.15. The van der Waals surface area contributed by atoms with Crippen molar-refractivity contribution >= 4 is 40.0 Å². The van der Waals surface area contributed by atoms with Crippen molar-refractivity contribution in [1.82, 2.24) is 15.4 Å². The molecule has 0 aromatic heterocycles. The molecule has 0 spiro atoms. The molecule has 0 bridgehead atoms. The van der Waals surface area contributed by atoms with E-state index in [9.17, 15) is 8.42 Å². The van der Waals surface area contributed by atoms with Crippen LogP contribution in [0.3, 0.4) is 0 Å². The predicted molar refractivity (Wildman–Crippen MR) is 111 cm³/mol. The van der Waals surface area contributed by atoms with Crippen molar-refractivity contribution in [2.45, 2.75) is 31.2 Å². The molecule has 7 nitrogen and oxygen atoms in total. The summed E-state index contributed by atoms with van der Waals surface area (Å²) in [5, 5.41) is 6.48. The summed E-state index contributed by atoms with van der Waals surface area (Å²) in [5.74, 6) is 0.683. The molecular formula is C16H27IN4O3S. The Morgan fingerprint density at radius 2 is 2.08 bits per heavy atom. The van der Waals surface area contributed by atoms with Crippen molar-refractivity contribution in [2.75, 3.05) is 27.2 Å². The average molecular weight is 482 g/mol. The topological polar surface area (TPSA) is 91.8 Å². The molecule has 0 aliphatic carbocycles. The largest absolute Gasteiger partial charge is 0.376 e. The Morgan fingerprint density at radius 3 is 2.72 bits per heavy atom. The van der Waals surface area contributed by atoms with E-state index in [-0.39, 0.29) is 35.8 Å². The second-order valence-corrected chi connectivity index (χ2v) is 7.65. The Hall–Kier alpha value is -0.910. The van der Waals surface area contributed by atoms with Crippen LogP contribution in [0.25, 0.3) is 0 Å². The molecule has 2 rings (SSSR count). The van der Waals surface area contributed by atoms with Crippen molar-refractivity contribution < 1.29 is 13.2 Å². The molecule has 1 saturated heterocycles. The van der Waals surface area contributed by atoms with Crippen LogP contribution in [0.1, 0.15) is 24.0 Å². The van der Waals surface area contributed by atoms with E-state index < -0.39 is 10.0 Å². The zero-order chi connectivity index (χ0) is 17.4. The highest BCUT2D eigenvalue weighted by molar-refractivity contribution is 14.0. The number of ether oxygens (including phenoxy) is 1. The molecule has 1 unspecified atom stereocenters. The zero-order valence-corrected chi connectivity index (χ0v) is 17.8. The van der Waals surface area contributed by atoms with Gasteiger partial charge in [-0.3, -0.25) is 4.99 Å². The van der Waals surface area contributed by atoms with Crippen LogP contribution < -0.4 is 15.4 Å². The molecule has 25 heavy (non-hydrogen) atoms. The van der Waals surface area contributed by atoms with Gasteiger partial charge in [-0.2, -0.15) is 0 Å². The molecule has 1 aromatic carbocycles. The van der Waals surface area contributed by atoms with E-state index in [1.165, 1.54) is 7.05 Å². The molecule has 1 aliphatic heterocycles. The third kappa shape index (κ3) is 7.89. The summed E-state index contributed by atoms with van der Waals surface area (Å²) in [4.78, 5) is 4.19. The van der Waals surface area contributed by atoms with E-state index in [1.807, 2.05) is 24.3 Å². The molecule has 9 heteroatoms. The van der Waals surface area contributed by atoms with Gasteiger partial charge < -0.3 is 15.4 Å². The minimum Gasteiger partial charge on any atom is -0.376 e. The maximum absolute atomic E-state index is 11.6. The molecule has 1 heterocycles. The number of hydrogen-bond acceptors (Lipinski definition) is 4. The van der Waals surface area contributed by atoms with Gasteiger partial charge in [0.1, 0.15) is 0 Å². The third-order valence-corrected chi connectivity index (χ3v) is 5.20. The lowest BCUT2D eigenvalue weighted by atomic mass is 10.1. The molecule has 142 valence electrons. The lowest BCUT2D eigenvalue weighted by Gasteiger charge is -2.15. The minimum atomic E-state index is -3.26. The van der Waals surface area contributed by atoms with Crippen molar-refractivity contribution in [2.24, 2.45) is 4.99 Å². The van der Waals surface area contributed by atoms with E-state index in [2.05, 4.69) is 20.3 Å². The summed E-state index contributed by atoms with van der Waals surface area (Å²) in [5.41, 5.74) is 1.75. The summed E-state index contributed by atoms with van der Waals surface area (Å²) in [7, 11) is -0.120. The van der Waals surface area contributed by atoms with Crippen LogP contribution in [0.5, 0.6) is 0 Å². The number of nitrogens with zero attached hydrogens (tertiary/aromatic N) is 1. The van der Waals surface area contributed by atoms with Crippen molar-refractivity contribution in [3.63, 3.8) is 0 Å². The maximum Gasteiger partial charge on any atom is 0.215 e. The van der Waals surface area contributed by atoms with Gasteiger partial charge in [-0.25, -0.2) is 13.1 Å². The summed E-state index contributed by atoms with van der Waals surface area (Å²) in [6, 6.07) is 7.51. The van der Waals surface area contributed by atoms with Gasteiger partial charge >= 0.3 is 0 Å². The van der Waals surface area contributed by atoms with Crippen LogP contribution in [-0.4, -0.2) is 47.7 Å². The molecule has 0 amide bonds. The van der Waals surface area contributed by atoms with Crippen LogP contribution in [0.2, 0.25) is 0 Å². The van der Waals surface area contributed by atoms with Crippen molar-refractivity contribution in [3.8, 4) is 0 Å². The second-order valence-electron chi connectivity index (χ2n) is 5.72. The normalized spacial score (nSPS) is 17.8. The number of nitrogens with one attached hydrogen (secondary N) is 3. The highest BCUT2D eigenvalue weighted by atomic mass is 127. The van der Waals surface area contributed by atoms with Gasteiger partial charge in [0.2, 0.25) is 10.0 Å². The molecule has 1 aromatic rings. The average Bonchev–Trinajstić information content (AvgIpc) is 3.08. The predicted octanol–water partition coefficient (Wildman–Crippen LogP) is 1.20. The van der Waals surface area contributed by atoms with Gasteiger partial charge in [-0.1, -0.05) is 24.3 Å². The molecule has 3 N–H and O–H groups in total. The van der Waals surface area contributed by atoms with Crippen LogP contribution in [0.15, 0.2) is 29.3 Å². The third-order valence-electron chi connectivity index (χ3n) is 3.86. The first-order valence-electron chi connectivity index (χ1n) is 8.07. The number of rotatable bonds is 7. The number of guanidine groups is 1. The number of sulfonamides is 1. The van der Waals surface area contributed by atoms with Gasteiger partial charge in [-0.15, -0.1) is 24.0 Å². The van der Waals surface area contributed by atoms with Gasteiger partial charge in [0.05, 0.1) is 11.9 Å². The first kappa shape index (κ1) is 22.1. The Labute approximate surface area is 167 Å². The molecule has 1 atom stereocenters. The molecule has 1 fully saturated rings. The maximum atomic E-state index is 11.6. The lowest BCUT2D eigenvalue weighted by molar-refractivity contribution is 0.114. The lowest BCUT2D eigenvalue weighted by Crippen LogP contribution is -2.40. The fourth-order valence-electron chi connectivity index (χ4n) is 2.54. The Morgan fingerprint density at radius 1 is 1.32 bits per heavy atom. The van der Waals surface area contributed by atoms with E-state index in [0.717, 1.165) is 37.1 Å². The Balaban J connectivity index is 0.00000312. The zero-order valence-electron chi connectivity index (χ0n) is 14.6. The van der Waals surface area contributed by atoms with Gasteiger partial charge in [0.25, 0.3) is 0 Å². The standard InChI is InChI=1S/C16H26N4O3S.HI/c1-17-16(20-11-15-7-4-8-23-15)19-10-13-5-3-6-14(9-13)12-24(21,22)18-2;/h3,5-6,9,15,18H,4,7-8,10-12H2,1-2H3,(H2,17,19,20);1H. The number of benzene rings is 1. The van der Waals surface area contributed by atoms with E-state index in [0.29, 0.717) is 12.5 Å². The van der Waals surface area contributed by atoms with E-state index >= 15 is 0 Å². The van der Waals surface area contributed by atoms with Crippen LogP contribution in [0.4, 0.5) is 0 Å². The SMILES string of the molecule is CN=C(NCc1cccc(CS(=O)(=O)NC)c1)NCC1CCCO1.I. The fraction of sp³-hybridized carbons (Fsp3) is 0.562. The monoisotopic (exact) mass is 482 g/mol. The summed E-state index contributed by atoms with van der Waals surface area (Å²) < 4.78 is 31.2. The number of hydrogen-bond donors (Lipinski definition) is 3. The Bertz CT molecular complexity index is 661. The van der Waals surface area contributed by atoms with Crippen LogP contribution >= 0.6 is 24.0 Å². The Kier molecular flexibility index (Phi) is 9.69. The van der Waals surface area contributed by atoms with Gasteiger partial charge in [0, 0.05) is 26.7 Å². The van der Waals surface area contributed by atoms with Crippen LogP contribution in [0, 0.1) is 0 Å². The van der Waals surface area contributed by atoms with E-state index in [1.54, 1.807) is 7.05 Å². The smallest absolute Gasteiger partial charge is 0.215 e. The summed E-state index contributed by atoms with van der Waals surface area (Å²) >= 11 is 0. The summed E-state index contributed by atoms with van der Waals surface area (Å²) in [6.45, 7) is 2.14. The molecule has 1 aliphatic rings. The van der Waals surface area contributed by atoms with E-state index in [4.69, 9.17) is 4.74 Å². The molecule has 0 radical (unpaired) electrons. The quantitative estimate of drug-likeness (QED) is 0.309. The first-order valence-corrected chi connectivity index (χ1v) is 9.73. The van der Waals surface area contributed by atoms with Crippen molar-refractivity contribution in [3.05, 3.63) is 35.4 Å². The van der Waals surface area contributed by atoms with Crippen LogP contribution in [-0.2, 0) is 27.1 Å².